The van der Waals surface area contributed by atoms with Crippen LogP contribution in [-0.2, 0) is 19.5 Å². The van der Waals surface area contributed by atoms with E-state index in [0.29, 0.717) is 36.3 Å². The molecule has 2 N–H and O–H groups in total. The van der Waals surface area contributed by atoms with Crippen LogP contribution in [0.25, 0.3) is 10.9 Å². The molecule has 2 aliphatic rings. The quantitative estimate of drug-likeness (QED) is 0.510. The smallest absolute Gasteiger partial charge is 0.279 e. The first-order valence-electron chi connectivity index (χ1n) is 10.2. The Labute approximate surface area is 172 Å². The van der Waals surface area contributed by atoms with Crippen molar-refractivity contribution in [2.45, 2.75) is 38.8 Å². The van der Waals surface area contributed by atoms with Crippen LogP contribution >= 0.6 is 0 Å². The lowest BCUT2D eigenvalue weighted by Gasteiger charge is -2.27. The summed E-state index contributed by atoms with van der Waals surface area (Å²) in [6.45, 7) is 2.53. The van der Waals surface area contributed by atoms with Gasteiger partial charge in [-0.25, -0.2) is 4.98 Å². The van der Waals surface area contributed by atoms with Gasteiger partial charge in [-0.15, -0.1) is 0 Å². The van der Waals surface area contributed by atoms with Gasteiger partial charge in [0.1, 0.15) is 0 Å². The number of aromatic amines is 2. The Morgan fingerprint density at radius 2 is 2.13 bits per heavy atom. The molecule has 154 valence electrons. The van der Waals surface area contributed by atoms with Crippen LogP contribution < -0.4 is 5.56 Å². The van der Waals surface area contributed by atoms with E-state index in [-0.39, 0.29) is 16.2 Å². The van der Waals surface area contributed by atoms with Crippen molar-refractivity contribution in [1.29, 1.82) is 0 Å². The molecule has 0 saturated carbocycles. The number of benzene rings is 1. The summed E-state index contributed by atoms with van der Waals surface area (Å²) >= 11 is 0. The summed E-state index contributed by atoms with van der Waals surface area (Å²) in [5.41, 5.74) is 4.00. The SMILES string of the molecule is O=c1[nH]c(C2=NCCCC2)nc2c1CN(Cc1c[nH]c3cccc([N+](=O)[O-])c13)CC2. The zero-order valence-electron chi connectivity index (χ0n) is 16.5. The zero-order valence-corrected chi connectivity index (χ0v) is 16.5. The van der Waals surface area contributed by atoms with E-state index in [1.54, 1.807) is 6.07 Å². The summed E-state index contributed by atoms with van der Waals surface area (Å²) in [6, 6.07) is 5.04. The minimum Gasteiger partial charge on any atom is -0.361 e. The number of aromatic nitrogens is 3. The maximum Gasteiger partial charge on any atom is 0.279 e. The molecule has 9 nitrogen and oxygen atoms in total. The van der Waals surface area contributed by atoms with Gasteiger partial charge in [-0.2, -0.15) is 0 Å². The number of non-ortho nitro benzene ring substituents is 1. The third kappa shape index (κ3) is 3.30. The van der Waals surface area contributed by atoms with Crippen molar-refractivity contribution in [2.24, 2.45) is 4.99 Å². The molecule has 0 saturated heterocycles. The fraction of sp³-hybridized carbons (Fsp3) is 0.381. The molecule has 0 amide bonds. The van der Waals surface area contributed by atoms with E-state index in [1.807, 2.05) is 12.3 Å². The molecule has 0 atom stereocenters. The minimum atomic E-state index is -0.352. The Morgan fingerprint density at radius 1 is 1.23 bits per heavy atom. The Bertz CT molecular complexity index is 1230. The first-order chi connectivity index (χ1) is 14.6. The lowest BCUT2D eigenvalue weighted by atomic mass is 10.0. The lowest BCUT2D eigenvalue weighted by molar-refractivity contribution is -0.383. The maximum atomic E-state index is 12.8. The number of nitrogens with zero attached hydrogens (tertiary/aromatic N) is 4. The number of hydrogen-bond donors (Lipinski definition) is 2. The number of nitrogens with one attached hydrogen (secondary N) is 2. The van der Waals surface area contributed by atoms with Crippen LogP contribution in [0.4, 0.5) is 5.69 Å². The van der Waals surface area contributed by atoms with Gasteiger partial charge in [0.25, 0.3) is 11.2 Å². The second-order valence-electron chi connectivity index (χ2n) is 7.86. The maximum absolute atomic E-state index is 12.8. The molecule has 0 aliphatic carbocycles. The highest BCUT2D eigenvalue weighted by atomic mass is 16.6. The van der Waals surface area contributed by atoms with E-state index >= 15 is 0 Å². The van der Waals surface area contributed by atoms with E-state index in [2.05, 4.69) is 19.9 Å². The molecule has 0 fully saturated rings. The second-order valence-corrected chi connectivity index (χ2v) is 7.86. The predicted molar refractivity (Wildman–Crippen MR) is 113 cm³/mol. The van der Waals surface area contributed by atoms with Crippen LogP contribution in [0.2, 0.25) is 0 Å². The monoisotopic (exact) mass is 406 g/mol. The molecule has 5 rings (SSSR count). The van der Waals surface area contributed by atoms with Crippen LogP contribution in [-0.4, -0.2) is 43.6 Å². The summed E-state index contributed by atoms with van der Waals surface area (Å²) in [4.78, 5) is 41.3. The summed E-state index contributed by atoms with van der Waals surface area (Å²) < 4.78 is 0. The molecule has 0 unspecified atom stereocenters. The number of aliphatic imine (C=N–C) groups is 1. The van der Waals surface area contributed by atoms with Crippen molar-refractivity contribution in [3.63, 3.8) is 0 Å². The zero-order chi connectivity index (χ0) is 20.7. The van der Waals surface area contributed by atoms with Crippen LogP contribution in [0.5, 0.6) is 0 Å². The first-order valence-corrected chi connectivity index (χ1v) is 10.2. The van der Waals surface area contributed by atoms with Crippen molar-refractivity contribution >= 4 is 22.3 Å². The van der Waals surface area contributed by atoms with Crippen LogP contribution in [0.3, 0.4) is 0 Å². The Hall–Kier alpha value is -3.33. The van der Waals surface area contributed by atoms with Gasteiger partial charge < -0.3 is 9.97 Å². The van der Waals surface area contributed by atoms with Crippen LogP contribution in [0.1, 0.15) is 41.9 Å². The van der Waals surface area contributed by atoms with Crippen molar-refractivity contribution in [3.05, 3.63) is 67.5 Å². The largest absolute Gasteiger partial charge is 0.361 e. The Kier molecular flexibility index (Phi) is 4.66. The van der Waals surface area contributed by atoms with E-state index < -0.39 is 0 Å². The summed E-state index contributed by atoms with van der Waals surface area (Å²) in [5, 5.41) is 12.1. The fourth-order valence-corrected chi connectivity index (χ4v) is 4.40. The molecule has 0 radical (unpaired) electrons. The van der Waals surface area contributed by atoms with Crippen molar-refractivity contribution < 1.29 is 4.92 Å². The molecule has 0 bridgehead atoms. The lowest BCUT2D eigenvalue weighted by Crippen LogP contribution is -2.36. The number of nitro groups is 1. The predicted octanol–water partition coefficient (Wildman–Crippen LogP) is 2.69. The van der Waals surface area contributed by atoms with Crippen LogP contribution in [0.15, 0.2) is 34.2 Å². The van der Waals surface area contributed by atoms with Gasteiger partial charge >= 0.3 is 0 Å². The summed E-state index contributed by atoms with van der Waals surface area (Å²) in [6.07, 6.45) is 5.50. The van der Waals surface area contributed by atoms with Gasteiger partial charge in [0, 0.05) is 44.9 Å². The van der Waals surface area contributed by atoms with Gasteiger partial charge in [-0.05, 0) is 30.9 Å². The third-order valence-corrected chi connectivity index (χ3v) is 5.90. The topological polar surface area (TPSA) is 120 Å². The standard InChI is InChI=1S/C21H22N6O3/c28-21-14-12-26(9-7-15(14)24-20(25-21)17-4-1-2-8-22-17)11-13-10-23-16-5-3-6-18(19(13)16)27(29)30/h3,5-6,10,23H,1-2,4,7-9,11-12H2,(H,24,25,28). The number of rotatable bonds is 4. The molecular weight excluding hydrogens is 384 g/mol. The number of hydrogen-bond acceptors (Lipinski definition) is 6. The number of nitro benzene ring substituents is 1. The van der Waals surface area contributed by atoms with E-state index in [1.165, 1.54) is 6.07 Å². The van der Waals surface area contributed by atoms with E-state index in [4.69, 9.17) is 4.98 Å². The minimum absolute atomic E-state index is 0.0959. The van der Waals surface area contributed by atoms with Crippen molar-refractivity contribution in [1.82, 2.24) is 19.9 Å². The van der Waals surface area contributed by atoms with Crippen molar-refractivity contribution in [3.8, 4) is 0 Å². The molecule has 4 heterocycles. The molecule has 2 aliphatic heterocycles. The van der Waals surface area contributed by atoms with Gasteiger partial charge in [0.05, 0.1) is 32.8 Å². The normalized spacial score (nSPS) is 17.0. The highest BCUT2D eigenvalue weighted by Crippen LogP contribution is 2.30. The highest BCUT2D eigenvalue weighted by molar-refractivity contribution is 5.97. The molecule has 1 aromatic carbocycles. The first kappa shape index (κ1) is 18.7. The Balaban J connectivity index is 1.42. The van der Waals surface area contributed by atoms with Gasteiger partial charge in [0.15, 0.2) is 5.82 Å². The average molecular weight is 406 g/mol. The average Bonchev–Trinajstić information content (AvgIpc) is 3.17. The summed E-state index contributed by atoms with van der Waals surface area (Å²) in [7, 11) is 0. The van der Waals surface area contributed by atoms with E-state index in [9.17, 15) is 14.9 Å². The molecule has 2 aromatic heterocycles. The third-order valence-electron chi connectivity index (χ3n) is 5.90. The summed E-state index contributed by atoms with van der Waals surface area (Å²) in [5.74, 6) is 0.610. The van der Waals surface area contributed by atoms with Gasteiger partial charge in [0.2, 0.25) is 0 Å². The van der Waals surface area contributed by atoms with Gasteiger partial charge in [-0.1, -0.05) is 6.07 Å². The molecule has 3 aromatic rings. The highest BCUT2D eigenvalue weighted by Gasteiger charge is 2.24. The van der Waals surface area contributed by atoms with Crippen LogP contribution in [0, 0.1) is 10.1 Å². The molecular formula is C21H22N6O3. The fourth-order valence-electron chi connectivity index (χ4n) is 4.40. The molecule has 0 spiro atoms. The Morgan fingerprint density at radius 3 is 2.93 bits per heavy atom. The number of H-pyrrole nitrogens is 2. The van der Waals surface area contributed by atoms with E-state index in [0.717, 1.165) is 54.8 Å². The number of fused-ring (bicyclic) bond motifs is 2. The molecule has 9 heteroatoms. The second kappa shape index (κ2) is 7.49. The van der Waals surface area contributed by atoms with Crippen molar-refractivity contribution in [2.75, 3.05) is 13.1 Å². The molecule has 30 heavy (non-hydrogen) atoms. The van der Waals surface area contributed by atoms with Gasteiger partial charge in [-0.3, -0.25) is 24.8 Å².